The molecule has 0 heterocycles. The van der Waals surface area contributed by atoms with Crippen molar-refractivity contribution in [1.82, 2.24) is 0 Å². The van der Waals surface area contributed by atoms with Crippen LogP contribution in [0.4, 0.5) is 0 Å². The van der Waals surface area contributed by atoms with Gasteiger partial charge in [0.15, 0.2) is 0 Å². The van der Waals surface area contributed by atoms with Gasteiger partial charge in [0, 0.05) is 0 Å². The van der Waals surface area contributed by atoms with Gasteiger partial charge < -0.3 is 0 Å². The Kier molecular flexibility index (Phi) is 73.9. The van der Waals surface area contributed by atoms with Crippen molar-refractivity contribution in [3.05, 3.63) is 0 Å². The van der Waals surface area contributed by atoms with Gasteiger partial charge in [-0.25, -0.2) is 0 Å². The molecule has 0 aromatic carbocycles. The SMILES string of the molecule is CCC(C)CC.CCCC.CCCC.CCCC.CCCCC. The van der Waals surface area contributed by atoms with E-state index in [4.69, 9.17) is 0 Å². The molecule has 0 N–H and O–H groups in total. The van der Waals surface area contributed by atoms with Gasteiger partial charge in [-0.05, 0) is 5.92 Å². The predicted molar refractivity (Wildman–Crippen MR) is 117 cm³/mol. The minimum Gasteiger partial charge on any atom is -0.0654 e. The molecule has 0 aliphatic carbocycles. The Balaban J connectivity index is -0.0000000594. The molecule has 0 saturated heterocycles. The van der Waals surface area contributed by atoms with Crippen molar-refractivity contribution < 1.29 is 0 Å². The highest BCUT2D eigenvalue weighted by molar-refractivity contribution is 4.41. The first-order chi connectivity index (χ1) is 11.0. The van der Waals surface area contributed by atoms with Gasteiger partial charge >= 0.3 is 0 Å². The molecule has 0 radical (unpaired) electrons. The Labute approximate surface area is 153 Å². The van der Waals surface area contributed by atoms with Gasteiger partial charge in [-0.15, -0.1) is 0 Å². The third-order valence-electron chi connectivity index (χ3n) is 3.60. The summed E-state index contributed by atoms with van der Waals surface area (Å²) in [7, 11) is 0. The predicted octanol–water partition coefficient (Wildman–Crippen LogP) is 10.1. The molecule has 0 amide bonds. The highest BCUT2D eigenvalue weighted by Crippen LogP contribution is 2.02. The Morgan fingerprint density at radius 1 is 0.391 bits per heavy atom. The lowest BCUT2D eigenvalue weighted by molar-refractivity contribution is 0.544. The second-order valence-electron chi connectivity index (χ2n) is 6.28. The van der Waals surface area contributed by atoms with Crippen molar-refractivity contribution >= 4 is 0 Å². The Morgan fingerprint density at radius 2 is 0.609 bits per heavy atom. The van der Waals surface area contributed by atoms with Crippen LogP contribution in [0.3, 0.4) is 0 Å². The molecule has 0 aromatic heterocycles. The second-order valence-corrected chi connectivity index (χ2v) is 6.28. The maximum absolute atomic E-state index is 2.28. The van der Waals surface area contributed by atoms with Crippen LogP contribution in [0.2, 0.25) is 0 Å². The standard InChI is InChI=1S/C6H14.C5H12.3C4H10/c1-4-6(3)5-2;1-3-5-4-2;3*1-3-4-2/h6H,4-5H2,1-3H3;3-5H2,1-2H3;3*3-4H2,1-2H3. The molecule has 0 saturated carbocycles. The maximum Gasteiger partial charge on any atom is -0.0448 e. The van der Waals surface area contributed by atoms with Gasteiger partial charge in [0.05, 0.1) is 0 Å². The van der Waals surface area contributed by atoms with E-state index in [1.54, 1.807) is 0 Å². The Morgan fingerprint density at radius 3 is 0.609 bits per heavy atom. The molecule has 0 fully saturated rings. The smallest absolute Gasteiger partial charge is 0.0448 e. The largest absolute Gasteiger partial charge is 0.0654 e. The molecule has 0 atom stereocenters. The zero-order valence-corrected chi connectivity index (χ0v) is 19.4. The topological polar surface area (TPSA) is 0 Å². The molecular weight excluding hydrogens is 276 g/mol. The average molecular weight is 333 g/mol. The van der Waals surface area contributed by atoms with Crippen molar-refractivity contribution in [3.8, 4) is 0 Å². The van der Waals surface area contributed by atoms with Gasteiger partial charge in [0.1, 0.15) is 0 Å². The van der Waals surface area contributed by atoms with Crippen LogP contribution in [0.1, 0.15) is 147 Å². The fraction of sp³-hybridized carbons (Fsp3) is 1.00. The van der Waals surface area contributed by atoms with Crippen molar-refractivity contribution in [2.45, 2.75) is 147 Å². The molecule has 0 aromatic rings. The Hall–Kier alpha value is 0. The number of unbranched alkanes of at least 4 members (excludes halogenated alkanes) is 5. The number of hydrogen-bond acceptors (Lipinski definition) is 0. The summed E-state index contributed by atoms with van der Waals surface area (Å²) in [5.41, 5.74) is 0. The monoisotopic (exact) mass is 332 g/mol. The summed E-state index contributed by atoms with van der Waals surface area (Å²) in [6, 6.07) is 0. The molecule has 0 aliphatic rings. The van der Waals surface area contributed by atoms with Gasteiger partial charge in [-0.2, -0.15) is 0 Å². The van der Waals surface area contributed by atoms with Crippen LogP contribution in [0.15, 0.2) is 0 Å². The van der Waals surface area contributed by atoms with Crippen LogP contribution in [-0.4, -0.2) is 0 Å². The van der Waals surface area contributed by atoms with Gasteiger partial charge in [0.2, 0.25) is 0 Å². The van der Waals surface area contributed by atoms with Crippen molar-refractivity contribution in [3.63, 3.8) is 0 Å². The zero-order chi connectivity index (χ0) is 19.4. The summed E-state index contributed by atoms with van der Waals surface area (Å²) in [6.07, 6.45) is 14.7. The first-order valence-electron chi connectivity index (χ1n) is 11.0. The van der Waals surface area contributed by atoms with E-state index < -0.39 is 0 Å². The van der Waals surface area contributed by atoms with E-state index in [9.17, 15) is 0 Å². The van der Waals surface area contributed by atoms with Gasteiger partial charge in [0.25, 0.3) is 0 Å². The number of hydrogen-bond donors (Lipinski definition) is 0. The molecular formula is C23H56. The molecule has 0 unspecified atom stereocenters. The lowest BCUT2D eigenvalue weighted by Crippen LogP contribution is -1.85. The van der Waals surface area contributed by atoms with Crippen LogP contribution >= 0.6 is 0 Å². The minimum absolute atomic E-state index is 0.935. The van der Waals surface area contributed by atoms with Crippen molar-refractivity contribution in [2.75, 3.05) is 0 Å². The molecule has 0 nitrogen and oxygen atoms in total. The van der Waals surface area contributed by atoms with Gasteiger partial charge in [-0.1, -0.05) is 147 Å². The fourth-order valence-corrected chi connectivity index (χ4v) is 0.642. The molecule has 0 bridgehead atoms. The van der Waals surface area contributed by atoms with E-state index in [0.29, 0.717) is 0 Å². The molecule has 0 heteroatoms. The zero-order valence-electron chi connectivity index (χ0n) is 19.4. The third kappa shape index (κ3) is 109. The van der Waals surface area contributed by atoms with Crippen LogP contribution in [0.5, 0.6) is 0 Å². The highest BCUT2D eigenvalue weighted by Gasteiger charge is 1.88. The quantitative estimate of drug-likeness (QED) is 0.435. The van der Waals surface area contributed by atoms with Crippen LogP contribution < -0.4 is 0 Å². The Bertz CT molecular complexity index is 85.1. The third-order valence-corrected chi connectivity index (χ3v) is 3.60. The minimum atomic E-state index is 0.935. The normalized spacial score (nSPS) is 8.35. The summed E-state index contributed by atoms with van der Waals surface area (Å²) in [6.45, 7) is 24.2. The first kappa shape index (κ1) is 34.4. The van der Waals surface area contributed by atoms with E-state index in [1.165, 1.54) is 70.6 Å². The second kappa shape index (κ2) is 49.5. The van der Waals surface area contributed by atoms with Crippen molar-refractivity contribution in [2.24, 2.45) is 5.92 Å². The lowest BCUT2D eigenvalue weighted by Gasteiger charge is -1.98. The first-order valence-corrected chi connectivity index (χ1v) is 11.0. The lowest BCUT2D eigenvalue weighted by atomic mass is 10.1. The summed E-state index contributed by atoms with van der Waals surface area (Å²) in [4.78, 5) is 0. The van der Waals surface area contributed by atoms with Crippen molar-refractivity contribution in [1.29, 1.82) is 0 Å². The molecule has 23 heavy (non-hydrogen) atoms. The summed E-state index contributed by atoms with van der Waals surface area (Å²) in [5, 5.41) is 0. The number of rotatable bonds is 7. The average Bonchev–Trinajstić information content (AvgIpc) is 2.62. The summed E-state index contributed by atoms with van der Waals surface area (Å²) >= 11 is 0. The molecule has 0 rings (SSSR count). The molecule has 0 aliphatic heterocycles. The molecule has 148 valence electrons. The van der Waals surface area contributed by atoms with E-state index in [0.717, 1.165) is 5.92 Å². The van der Waals surface area contributed by atoms with Crippen LogP contribution in [0.25, 0.3) is 0 Å². The van der Waals surface area contributed by atoms with E-state index in [1.807, 2.05) is 0 Å². The maximum atomic E-state index is 2.28. The summed E-state index contributed by atoms with van der Waals surface area (Å²) < 4.78 is 0. The summed E-state index contributed by atoms with van der Waals surface area (Å²) in [5.74, 6) is 0.935. The van der Waals surface area contributed by atoms with E-state index in [-0.39, 0.29) is 0 Å². The van der Waals surface area contributed by atoms with Crippen LogP contribution in [-0.2, 0) is 0 Å². The fourth-order valence-electron chi connectivity index (χ4n) is 0.642. The van der Waals surface area contributed by atoms with Gasteiger partial charge in [-0.3, -0.25) is 0 Å². The highest BCUT2D eigenvalue weighted by atomic mass is 13.9. The van der Waals surface area contributed by atoms with E-state index in [2.05, 4.69) is 76.2 Å². The molecule has 0 spiro atoms. The van der Waals surface area contributed by atoms with E-state index >= 15 is 0 Å². The van der Waals surface area contributed by atoms with Crippen LogP contribution in [0, 0.1) is 5.92 Å².